The van der Waals surface area contributed by atoms with Crippen molar-refractivity contribution in [1.82, 2.24) is 10.6 Å². The maximum atomic E-state index is 11.9. The van der Waals surface area contributed by atoms with Crippen molar-refractivity contribution in [3.63, 3.8) is 0 Å². The normalized spacial score (nSPS) is 18.8. The first-order chi connectivity index (χ1) is 9.16. The zero-order valence-electron chi connectivity index (χ0n) is 10.6. The van der Waals surface area contributed by atoms with Crippen LogP contribution in [0.25, 0.3) is 0 Å². The lowest BCUT2D eigenvalue weighted by atomic mass is 10.1. The Bertz CT molecular complexity index is 470. The predicted molar refractivity (Wildman–Crippen MR) is 70.8 cm³/mol. The summed E-state index contributed by atoms with van der Waals surface area (Å²) in [6.07, 6.45) is 2.04. The van der Waals surface area contributed by atoms with Crippen LogP contribution in [0, 0.1) is 10.1 Å². The predicted octanol–water partition coefficient (Wildman–Crippen LogP) is 1.01. The van der Waals surface area contributed by atoms with Gasteiger partial charge >= 0.3 is 0 Å². The van der Waals surface area contributed by atoms with E-state index in [9.17, 15) is 14.9 Å². The average molecular weight is 263 g/mol. The van der Waals surface area contributed by atoms with Gasteiger partial charge in [-0.2, -0.15) is 0 Å². The van der Waals surface area contributed by atoms with Gasteiger partial charge in [-0.05, 0) is 19.4 Å². The van der Waals surface area contributed by atoms with Crippen LogP contribution in [0.4, 0.5) is 5.69 Å². The van der Waals surface area contributed by atoms with E-state index in [1.165, 1.54) is 6.07 Å². The van der Waals surface area contributed by atoms with Crippen LogP contribution in [-0.4, -0.2) is 30.0 Å². The molecule has 1 aromatic carbocycles. The van der Waals surface area contributed by atoms with Gasteiger partial charge in [0.25, 0.3) is 5.69 Å². The highest BCUT2D eigenvalue weighted by atomic mass is 16.6. The van der Waals surface area contributed by atoms with Crippen molar-refractivity contribution in [3.05, 3.63) is 39.9 Å². The van der Waals surface area contributed by atoms with Gasteiger partial charge in [0.15, 0.2) is 0 Å². The summed E-state index contributed by atoms with van der Waals surface area (Å²) in [5.41, 5.74) is 0.452. The molecule has 1 saturated heterocycles. The molecular formula is C13H17N3O3. The number of para-hydroxylation sites is 1. The van der Waals surface area contributed by atoms with Crippen molar-refractivity contribution in [2.75, 3.05) is 13.1 Å². The van der Waals surface area contributed by atoms with E-state index in [0.717, 1.165) is 25.9 Å². The first-order valence-electron chi connectivity index (χ1n) is 6.39. The number of rotatable bonds is 4. The van der Waals surface area contributed by atoms with Crippen LogP contribution in [-0.2, 0) is 11.2 Å². The summed E-state index contributed by atoms with van der Waals surface area (Å²) in [5, 5.41) is 17.0. The van der Waals surface area contributed by atoms with Crippen LogP contribution in [0.15, 0.2) is 24.3 Å². The molecule has 0 bridgehead atoms. The summed E-state index contributed by atoms with van der Waals surface area (Å²) < 4.78 is 0. The molecule has 1 amide bonds. The number of carbonyl (C=O) groups excluding carboxylic acids is 1. The van der Waals surface area contributed by atoms with Crippen molar-refractivity contribution < 1.29 is 9.72 Å². The minimum Gasteiger partial charge on any atom is -0.352 e. The van der Waals surface area contributed by atoms with E-state index in [4.69, 9.17) is 0 Å². The number of nitrogens with one attached hydrogen (secondary N) is 2. The van der Waals surface area contributed by atoms with Crippen molar-refractivity contribution in [3.8, 4) is 0 Å². The monoisotopic (exact) mass is 263 g/mol. The van der Waals surface area contributed by atoms with E-state index in [2.05, 4.69) is 10.6 Å². The first-order valence-corrected chi connectivity index (χ1v) is 6.39. The molecule has 0 aliphatic carbocycles. The number of carbonyl (C=O) groups is 1. The Labute approximate surface area is 111 Å². The van der Waals surface area contributed by atoms with Gasteiger partial charge in [0.05, 0.1) is 11.3 Å². The van der Waals surface area contributed by atoms with Crippen LogP contribution < -0.4 is 10.6 Å². The molecule has 1 heterocycles. The third-order valence-corrected chi connectivity index (χ3v) is 3.20. The topological polar surface area (TPSA) is 84.3 Å². The molecule has 2 N–H and O–H groups in total. The molecule has 0 spiro atoms. The van der Waals surface area contributed by atoms with E-state index in [1.54, 1.807) is 18.2 Å². The molecule has 6 heteroatoms. The summed E-state index contributed by atoms with van der Waals surface area (Å²) in [6, 6.07) is 6.48. The largest absolute Gasteiger partial charge is 0.352 e. The van der Waals surface area contributed by atoms with Gasteiger partial charge in [-0.1, -0.05) is 18.2 Å². The third-order valence-electron chi connectivity index (χ3n) is 3.20. The molecule has 1 aromatic rings. The van der Waals surface area contributed by atoms with E-state index >= 15 is 0 Å². The smallest absolute Gasteiger partial charge is 0.273 e. The summed E-state index contributed by atoms with van der Waals surface area (Å²) in [7, 11) is 0. The second-order valence-corrected chi connectivity index (χ2v) is 4.67. The number of benzene rings is 1. The number of amides is 1. The van der Waals surface area contributed by atoms with Crippen molar-refractivity contribution in [2.45, 2.75) is 25.3 Å². The fourth-order valence-electron chi connectivity index (χ4n) is 2.27. The van der Waals surface area contributed by atoms with Crippen LogP contribution in [0.5, 0.6) is 0 Å². The van der Waals surface area contributed by atoms with Crippen LogP contribution in [0.3, 0.4) is 0 Å². The number of piperidine rings is 1. The molecule has 1 atom stereocenters. The molecule has 2 rings (SSSR count). The van der Waals surface area contributed by atoms with E-state index in [-0.39, 0.29) is 24.1 Å². The van der Waals surface area contributed by atoms with Gasteiger partial charge in [-0.15, -0.1) is 0 Å². The van der Waals surface area contributed by atoms with E-state index in [1.807, 2.05) is 0 Å². The molecular weight excluding hydrogens is 246 g/mol. The highest BCUT2D eigenvalue weighted by Crippen LogP contribution is 2.18. The third kappa shape index (κ3) is 3.75. The lowest BCUT2D eigenvalue weighted by Crippen LogP contribution is -2.46. The minimum atomic E-state index is -0.454. The van der Waals surface area contributed by atoms with Crippen molar-refractivity contribution in [1.29, 1.82) is 0 Å². The second-order valence-electron chi connectivity index (χ2n) is 4.67. The van der Waals surface area contributed by atoms with Crippen molar-refractivity contribution in [2.24, 2.45) is 0 Å². The molecule has 0 saturated carbocycles. The van der Waals surface area contributed by atoms with Gasteiger partial charge in [0.2, 0.25) is 5.91 Å². The fraction of sp³-hybridized carbons (Fsp3) is 0.462. The molecule has 0 radical (unpaired) electrons. The number of nitro groups is 1. The summed E-state index contributed by atoms with van der Waals surface area (Å²) in [4.78, 5) is 22.3. The summed E-state index contributed by atoms with van der Waals surface area (Å²) in [5.74, 6) is -0.164. The quantitative estimate of drug-likeness (QED) is 0.627. The van der Waals surface area contributed by atoms with Gasteiger partial charge < -0.3 is 10.6 Å². The highest BCUT2D eigenvalue weighted by Gasteiger charge is 2.19. The van der Waals surface area contributed by atoms with Gasteiger partial charge in [0.1, 0.15) is 0 Å². The van der Waals surface area contributed by atoms with Crippen molar-refractivity contribution >= 4 is 11.6 Å². The zero-order valence-corrected chi connectivity index (χ0v) is 10.6. The van der Waals surface area contributed by atoms with Gasteiger partial charge in [-0.25, -0.2) is 0 Å². The average Bonchev–Trinajstić information content (AvgIpc) is 2.40. The molecule has 0 aromatic heterocycles. The SMILES string of the molecule is O=C(Cc1ccccc1[N+](=O)[O-])N[C@H]1CCCNC1. The molecule has 0 unspecified atom stereocenters. The Morgan fingerprint density at radius 1 is 1.47 bits per heavy atom. The summed E-state index contributed by atoms with van der Waals surface area (Å²) >= 11 is 0. The Hall–Kier alpha value is -1.95. The standard InChI is InChI=1S/C13H17N3O3/c17-13(15-11-5-3-7-14-9-11)8-10-4-1-2-6-12(10)16(18)19/h1-2,4,6,11,14H,3,5,7-9H2,(H,15,17)/t11-/m0/s1. The molecule has 1 aliphatic heterocycles. The lowest BCUT2D eigenvalue weighted by molar-refractivity contribution is -0.385. The summed E-state index contributed by atoms with van der Waals surface area (Å²) in [6.45, 7) is 1.75. The Morgan fingerprint density at radius 3 is 2.95 bits per heavy atom. The highest BCUT2D eigenvalue weighted by molar-refractivity contribution is 5.80. The Balaban J connectivity index is 1.96. The minimum absolute atomic E-state index is 0.000538. The van der Waals surface area contributed by atoms with E-state index < -0.39 is 4.92 Å². The Kier molecular flexibility index (Phi) is 4.46. The maximum absolute atomic E-state index is 11.9. The lowest BCUT2D eigenvalue weighted by Gasteiger charge is -2.23. The van der Waals surface area contributed by atoms with Gasteiger partial charge in [0, 0.05) is 24.2 Å². The first kappa shape index (κ1) is 13.5. The van der Waals surface area contributed by atoms with E-state index in [0.29, 0.717) is 5.56 Å². The number of hydrogen-bond donors (Lipinski definition) is 2. The Morgan fingerprint density at radius 2 is 2.26 bits per heavy atom. The number of nitro benzene ring substituents is 1. The van der Waals surface area contributed by atoms with Crippen LogP contribution in [0.1, 0.15) is 18.4 Å². The number of nitrogens with zero attached hydrogens (tertiary/aromatic N) is 1. The maximum Gasteiger partial charge on any atom is 0.273 e. The second kappa shape index (κ2) is 6.29. The fourth-order valence-corrected chi connectivity index (χ4v) is 2.27. The van der Waals surface area contributed by atoms with Crippen LogP contribution >= 0.6 is 0 Å². The van der Waals surface area contributed by atoms with Crippen LogP contribution in [0.2, 0.25) is 0 Å². The molecule has 1 aliphatic rings. The zero-order chi connectivity index (χ0) is 13.7. The molecule has 6 nitrogen and oxygen atoms in total. The molecule has 19 heavy (non-hydrogen) atoms. The number of hydrogen-bond acceptors (Lipinski definition) is 4. The molecule has 1 fully saturated rings. The molecule has 102 valence electrons. The van der Waals surface area contributed by atoms with Gasteiger partial charge in [-0.3, -0.25) is 14.9 Å².